The zero-order chi connectivity index (χ0) is 20.5. The van der Waals surface area contributed by atoms with Crippen LogP contribution in [0, 0.1) is 0 Å². The van der Waals surface area contributed by atoms with Gasteiger partial charge in [-0.05, 0) is 54.0 Å². The minimum atomic E-state index is 0.0225. The predicted octanol–water partition coefficient (Wildman–Crippen LogP) is 5.93. The molecule has 150 valence electrons. The monoisotopic (exact) mass is 396 g/mol. The van der Waals surface area contributed by atoms with E-state index < -0.39 is 0 Å². The van der Waals surface area contributed by atoms with Crippen LogP contribution in [0.25, 0.3) is 33.8 Å². The molecule has 1 aromatic heterocycles. The largest absolute Gasteiger partial charge is 0.507 e. The molecular formula is C26H24N2O2. The molecule has 0 radical (unpaired) electrons. The first-order valence-electron chi connectivity index (χ1n) is 10.6. The van der Waals surface area contributed by atoms with Crippen molar-refractivity contribution in [3.8, 4) is 5.75 Å². The van der Waals surface area contributed by atoms with Crippen LogP contribution in [-0.4, -0.2) is 14.7 Å². The molecule has 1 aliphatic rings. The number of rotatable bonds is 3. The van der Waals surface area contributed by atoms with Crippen molar-refractivity contribution in [3.63, 3.8) is 0 Å². The third-order valence-corrected chi connectivity index (χ3v) is 6.12. The van der Waals surface area contributed by atoms with Crippen LogP contribution in [0.4, 0.5) is 0 Å². The minimum Gasteiger partial charge on any atom is -0.507 e. The van der Waals surface area contributed by atoms with Gasteiger partial charge in [0.15, 0.2) is 0 Å². The summed E-state index contributed by atoms with van der Waals surface area (Å²) in [5.74, 6) is 0.871. The Morgan fingerprint density at radius 3 is 2.43 bits per heavy atom. The van der Waals surface area contributed by atoms with Gasteiger partial charge in [-0.1, -0.05) is 61.7 Å². The van der Waals surface area contributed by atoms with E-state index in [1.54, 1.807) is 6.07 Å². The molecule has 0 saturated heterocycles. The quantitative estimate of drug-likeness (QED) is 0.467. The number of hydrogen-bond acceptors (Lipinski definition) is 3. The topological polar surface area (TPSA) is 55.1 Å². The van der Waals surface area contributed by atoms with Crippen molar-refractivity contribution in [1.82, 2.24) is 9.55 Å². The van der Waals surface area contributed by atoms with Crippen molar-refractivity contribution >= 4 is 33.8 Å². The maximum Gasteiger partial charge on any atom is 0.261 e. The average Bonchev–Trinajstić information content (AvgIpc) is 2.79. The molecule has 4 heteroatoms. The number of aromatic nitrogens is 2. The molecule has 1 fully saturated rings. The van der Waals surface area contributed by atoms with Crippen molar-refractivity contribution in [2.75, 3.05) is 0 Å². The standard InChI is InChI=1S/C26H24N2O2/c29-24-16-14-18-8-4-5-11-20(18)21(24)15-17-25-27-23-13-7-6-12-22(23)26(30)28(25)19-9-2-1-3-10-19/h4-8,11-17,19,29H,1-3,9-10H2/b17-15+. The lowest BCUT2D eigenvalue weighted by Crippen LogP contribution is -2.29. The number of fused-ring (bicyclic) bond motifs is 2. The Hall–Kier alpha value is -3.40. The first-order chi connectivity index (χ1) is 14.7. The summed E-state index contributed by atoms with van der Waals surface area (Å²) in [4.78, 5) is 18.2. The predicted molar refractivity (Wildman–Crippen MR) is 123 cm³/mol. The van der Waals surface area contributed by atoms with Crippen molar-refractivity contribution in [3.05, 3.63) is 82.4 Å². The lowest BCUT2D eigenvalue weighted by molar-refractivity contribution is 0.343. The van der Waals surface area contributed by atoms with E-state index in [9.17, 15) is 9.90 Å². The summed E-state index contributed by atoms with van der Waals surface area (Å²) in [6.07, 6.45) is 9.26. The molecule has 4 nitrogen and oxygen atoms in total. The summed E-state index contributed by atoms with van der Waals surface area (Å²) in [5.41, 5.74) is 1.47. The number of hydrogen-bond donors (Lipinski definition) is 1. The number of phenolic OH excluding ortho intramolecular Hbond substituents is 1. The summed E-state index contributed by atoms with van der Waals surface area (Å²) in [5, 5.41) is 13.2. The molecular weight excluding hydrogens is 372 g/mol. The van der Waals surface area contributed by atoms with Crippen molar-refractivity contribution in [1.29, 1.82) is 0 Å². The van der Waals surface area contributed by atoms with Crippen LogP contribution in [0.2, 0.25) is 0 Å². The molecule has 5 rings (SSSR count). The number of nitrogens with zero attached hydrogens (tertiary/aromatic N) is 2. The van der Waals surface area contributed by atoms with Gasteiger partial charge in [-0.25, -0.2) is 4.98 Å². The molecule has 0 unspecified atom stereocenters. The molecule has 3 aromatic carbocycles. The van der Waals surface area contributed by atoms with Gasteiger partial charge >= 0.3 is 0 Å². The van der Waals surface area contributed by atoms with Gasteiger partial charge in [-0.15, -0.1) is 0 Å². The number of aromatic hydroxyl groups is 1. The van der Waals surface area contributed by atoms with E-state index in [1.807, 2.05) is 71.3 Å². The van der Waals surface area contributed by atoms with Crippen LogP contribution in [0.3, 0.4) is 0 Å². The second kappa shape index (κ2) is 7.79. The SMILES string of the molecule is O=c1c2ccccc2nc(/C=C/c2c(O)ccc3ccccc23)n1C1CCCCC1. The smallest absolute Gasteiger partial charge is 0.261 e. The van der Waals surface area contributed by atoms with Gasteiger partial charge in [-0.2, -0.15) is 0 Å². The fourth-order valence-electron chi connectivity index (χ4n) is 4.59. The Morgan fingerprint density at radius 2 is 1.60 bits per heavy atom. The normalized spacial score (nSPS) is 15.3. The first-order valence-corrected chi connectivity index (χ1v) is 10.6. The Kier molecular flexibility index (Phi) is 4.83. The van der Waals surface area contributed by atoms with Crippen LogP contribution < -0.4 is 5.56 Å². The fourth-order valence-corrected chi connectivity index (χ4v) is 4.59. The average molecular weight is 396 g/mol. The highest BCUT2D eigenvalue weighted by Crippen LogP contribution is 2.31. The second-order valence-electron chi connectivity index (χ2n) is 8.01. The van der Waals surface area contributed by atoms with Gasteiger partial charge in [0, 0.05) is 11.6 Å². The van der Waals surface area contributed by atoms with E-state index >= 15 is 0 Å². The molecule has 1 N–H and O–H groups in total. The number of benzene rings is 3. The number of phenols is 1. The molecule has 0 bridgehead atoms. The Bertz CT molecular complexity index is 1310. The summed E-state index contributed by atoms with van der Waals surface area (Å²) in [7, 11) is 0. The molecule has 1 heterocycles. The first kappa shape index (κ1) is 18.6. The van der Waals surface area contributed by atoms with E-state index in [1.165, 1.54) is 6.42 Å². The van der Waals surface area contributed by atoms with E-state index in [-0.39, 0.29) is 17.4 Å². The van der Waals surface area contributed by atoms with Crippen LogP contribution in [0.15, 0.2) is 65.5 Å². The maximum atomic E-state index is 13.4. The summed E-state index contributed by atoms with van der Waals surface area (Å²) < 4.78 is 1.88. The third-order valence-electron chi connectivity index (χ3n) is 6.12. The Labute approximate surface area is 175 Å². The summed E-state index contributed by atoms with van der Waals surface area (Å²) in [6.45, 7) is 0. The van der Waals surface area contributed by atoms with Gasteiger partial charge in [0.1, 0.15) is 11.6 Å². The lowest BCUT2D eigenvalue weighted by Gasteiger charge is -2.25. The third kappa shape index (κ3) is 3.28. The minimum absolute atomic E-state index is 0.0225. The molecule has 1 saturated carbocycles. The van der Waals surface area contributed by atoms with Crippen molar-refractivity contribution in [2.24, 2.45) is 0 Å². The van der Waals surface area contributed by atoms with Gasteiger partial charge in [0.05, 0.1) is 10.9 Å². The van der Waals surface area contributed by atoms with Crippen LogP contribution >= 0.6 is 0 Å². The second-order valence-corrected chi connectivity index (χ2v) is 8.01. The molecule has 30 heavy (non-hydrogen) atoms. The van der Waals surface area contributed by atoms with Gasteiger partial charge < -0.3 is 5.11 Å². The van der Waals surface area contributed by atoms with E-state index in [4.69, 9.17) is 4.98 Å². The fraction of sp³-hybridized carbons (Fsp3) is 0.231. The Balaban J connectivity index is 1.69. The molecule has 1 aliphatic carbocycles. The van der Waals surface area contributed by atoms with Gasteiger partial charge in [-0.3, -0.25) is 9.36 Å². The van der Waals surface area contributed by atoms with Crippen LogP contribution in [0.5, 0.6) is 5.75 Å². The molecule has 0 amide bonds. The van der Waals surface area contributed by atoms with Crippen molar-refractivity contribution < 1.29 is 5.11 Å². The zero-order valence-corrected chi connectivity index (χ0v) is 16.8. The highest BCUT2D eigenvalue weighted by atomic mass is 16.3. The lowest BCUT2D eigenvalue weighted by atomic mass is 9.95. The van der Waals surface area contributed by atoms with E-state index in [2.05, 4.69) is 0 Å². The van der Waals surface area contributed by atoms with Gasteiger partial charge in [0.2, 0.25) is 0 Å². The summed E-state index contributed by atoms with van der Waals surface area (Å²) in [6, 6.07) is 19.3. The zero-order valence-electron chi connectivity index (χ0n) is 16.8. The molecule has 4 aromatic rings. The molecule has 0 atom stereocenters. The summed E-state index contributed by atoms with van der Waals surface area (Å²) >= 11 is 0. The van der Waals surface area contributed by atoms with Crippen LogP contribution in [-0.2, 0) is 0 Å². The Morgan fingerprint density at radius 1 is 0.867 bits per heavy atom. The number of para-hydroxylation sites is 1. The highest BCUT2D eigenvalue weighted by molar-refractivity contribution is 5.95. The molecule has 0 aliphatic heterocycles. The van der Waals surface area contributed by atoms with E-state index in [0.29, 0.717) is 16.7 Å². The van der Waals surface area contributed by atoms with Crippen LogP contribution in [0.1, 0.15) is 49.5 Å². The van der Waals surface area contributed by atoms with Gasteiger partial charge in [0.25, 0.3) is 5.56 Å². The molecule has 0 spiro atoms. The highest BCUT2D eigenvalue weighted by Gasteiger charge is 2.20. The van der Waals surface area contributed by atoms with Crippen molar-refractivity contribution in [2.45, 2.75) is 38.1 Å². The van der Waals surface area contributed by atoms with E-state index in [0.717, 1.165) is 42.0 Å². The maximum absolute atomic E-state index is 13.4.